The highest BCUT2D eigenvalue weighted by molar-refractivity contribution is 7.16. The van der Waals surface area contributed by atoms with E-state index in [2.05, 4.69) is 27.4 Å². The zero-order valence-electron chi connectivity index (χ0n) is 11.7. The Labute approximate surface area is 131 Å². The lowest BCUT2D eigenvalue weighted by Gasteiger charge is -2.13. The van der Waals surface area contributed by atoms with Crippen LogP contribution in [-0.2, 0) is 13.1 Å². The molecule has 3 aromatic rings. The van der Waals surface area contributed by atoms with Crippen LogP contribution < -0.4 is 10.6 Å². The molecule has 6 heteroatoms. The van der Waals surface area contributed by atoms with Gasteiger partial charge in [-0.2, -0.15) is 0 Å². The normalized spacial score (nSPS) is 10.8. The molecule has 0 aliphatic heterocycles. The van der Waals surface area contributed by atoms with Gasteiger partial charge in [0.15, 0.2) is 5.13 Å². The van der Waals surface area contributed by atoms with Crippen LogP contribution in [-0.4, -0.2) is 17.0 Å². The first-order valence-corrected chi connectivity index (χ1v) is 8.37. The number of nitrogens with zero attached hydrogens (tertiary/aromatic N) is 3. The molecule has 3 rings (SSSR count). The number of hydrogen-bond acceptors (Lipinski definition) is 6. The van der Waals surface area contributed by atoms with Gasteiger partial charge in [0.1, 0.15) is 0 Å². The Kier molecular flexibility index (Phi) is 4.28. The Bertz CT molecular complexity index is 692. The Balaban J connectivity index is 1.89. The minimum atomic E-state index is 0.506. The Morgan fingerprint density at radius 3 is 2.71 bits per heavy atom. The van der Waals surface area contributed by atoms with Gasteiger partial charge in [-0.15, -0.1) is 11.3 Å². The molecule has 0 aliphatic rings. The fourth-order valence-corrected chi connectivity index (χ4v) is 3.56. The van der Waals surface area contributed by atoms with Gasteiger partial charge in [-0.3, -0.25) is 0 Å². The van der Waals surface area contributed by atoms with Gasteiger partial charge in [0.25, 0.3) is 0 Å². The second-order valence-electron chi connectivity index (χ2n) is 4.67. The molecule has 0 bridgehead atoms. The van der Waals surface area contributed by atoms with E-state index in [9.17, 15) is 0 Å². The van der Waals surface area contributed by atoms with Crippen molar-refractivity contribution >= 4 is 27.8 Å². The molecule has 0 atom stereocenters. The van der Waals surface area contributed by atoms with Crippen LogP contribution in [0.4, 0.5) is 5.13 Å². The summed E-state index contributed by atoms with van der Waals surface area (Å²) in [6, 6.07) is 10.2. The molecule has 0 amide bonds. The van der Waals surface area contributed by atoms with Gasteiger partial charge in [-0.05, 0) is 0 Å². The van der Waals surface area contributed by atoms with Crippen LogP contribution in [0.2, 0.25) is 0 Å². The fraction of sp³-hybridized carbons (Fsp3) is 0.200. The predicted molar refractivity (Wildman–Crippen MR) is 89.7 cm³/mol. The van der Waals surface area contributed by atoms with E-state index in [1.807, 2.05) is 30.8 Å². The summed E-state index contributed by atoms with van der Waals surface area (Å²) in [7, 11) is 2.03. The van der Waals surface area contributed by atoms with Crippen LogP contribution >= 0.6 is 22.7 Å². The van der Waals surface area contributed by atoms with Crippen LogP contribution in [0, 0.1) is 0 Å². The number of thiazole rings is 2. The summed E-state index contributed by atoms with van der Waals surface area (Å²) in [5.41, 5.74) is 10.9. The topological polar surface area (TPSA) is 55.0 Å². The number of nitrogens with two attached hydrogens (primary N) is 1. The van der Waals surface area contributed by atoms with Crippen LogP contribution in [0.3, 0.4) is 0 Å². The summed E-state index contributed by atoms with van der Waals surface area (Å²) < 4.78 is 0. The maximum atomic E-state index is 5.88. The molecule has 108 valence electrons. The first-order chi connectivity index (χ1) is 10.3. The van der Waals surface area contributed by atoms with Gasteiger partial charge in [-0.1, -0.05) is 41.7 Å². The molecule has 2 heterocycles. The zero-order valence-corrected chi connectivity index (χ0v) is 13.3. The second kappa shape index (κ2) is 6.34. The molecular formula is C15H16N4S2. The smallest absolute Gasteiger partial charge is 0.186 e. The molecular weight excluding hydrogens is 300 g/mol. The molecule has 0 aliphatic carbocycles. The summed E-state index contributed by atoms with van der Waals surface area (Å²) in [5, 5.41) is 3.04. The van der Waals surface area contributed by atoms with E-state index < -0.39 is 0 Å². The van der Waals surface area contributed by atoms with E-state index in [4.69, 9.17) is 10.7 Å². The molecule has 0 saturated heterocycles. The average molecular weight is 316 g/mol. The molecule has 2 N–H and O–H groups in total. The van der Waals surface area contributed by atoms with Crippen molar-refractivity contribution in [3.05, 3.63) is 51.8 Å². The Morgan fingerprint density at radius 2 is 2.05 bits per heavy atom. The van der Waals surface area contributed by atoms with Gasteiger partial charge < -0.3 is 10.6 Å². The monoisotopic (exact) mass is 316 g/mol. The first kappa shape index (κ1) is 14.2. The standard InChI is InChI=1S/C15H16N4S2/c1-19(8-12-9-20-10-17-12)15-18-14(13(7-16)21-15)11-5-3-2-4-6-11/h2-6,9-10H,7-8,16H2,1H3. The van der Waals surface area contributed by atoms with E-state index in [1.54, 1.807) is 22.7 Å². The van der Waals surface area contributed by atoms with Gasteiger partial charge in [0.05, 0.1) is 23.4 Å². The molecule has 4 nitrogen and oxygen atoms in total. The number of rotatable bonds is 5. The molecule has 0 saturated carbocycles. The maximum absolute atomic E-state index is 5.88. The summed E-state index contributed by atoms with van der Waals surface area (Å²) in [6.07, 6.45) is 0. The van der Waals surface area contributed by atoms with Crippen LogP contribution in [0.1, 0.15) is 10.6 Å². The van der Waals surface area contributed by atoms with E-state index in [0.29, 0.717) is 6.54 Å². The van der Waals surface area contributed by atoms with Gasteiger partial charge >= 0.3 is 0 Å². The summed E-state index contributed by atoms with van der Waals surface area (Å²) in [5.74, 6) is 0. The average Bonchev–Trinajstić information content (AvgIpc) is 3.17. The van der Waals surface area contributed by atoms with Gasteiger partial charge in [0, 0.05) is 29.4 Å². The predicted octanol–water partition coefficient (Wildman–Crippen LogP) is 3.36. The number of benzene rings is 1. The fourth-order valence-electron chi connectivity index (χ4n) is 2.09. The minimum absolute atomic E-state index is 0.506. The zero-order chi connectivity index (χ0) is 14.7. The van der Waals surface area contributed by atoms with Crippen LogP contribution in [0.15, 0.2) is 41.2 Å². The molecule has 1 aromatic carbocycles. The maximum Gasteiger partial charge on any atom is 0.186 e. The SMILES string of the molecule is CN(Cc1cscn1)c1nc(-c2ccccc2)c(CN)s1. The van der Waals surface area contributed by atoms with Crippen molar-refractivity contribution in [2.24, 2.45) is 5.73 Å². The Hall–Kier alpha value is -1.76. The van der Waals surface area contributed by atoms with E-state index in [1.165, 1.54) is 0 Å². The highest BCUT2D eigenvalue weighted by atomic mass is 32.1. The second-order valence-corrected chi connectivity index (χ2v) is 6.45. The van der Waals surface area contributed by atoms with E-state index in [0.717, 1.165) is 33.5 Å². The van der Waals surface area contributed by atoms with Crippen LogP contribution in [0.5, 0.6) is 0 Å². The molecule has 0 unspecified atom stereocenters. The third-order valence-corrected chi connectivity index (χ3v) is 4.96. The van der Waals surface area contributed by atoms with Gasteiger partial charge in [0.2, 0.25) is 0 Å². The lowest BCUT2D eigenvalue weighted by Crippen LogP contribution is -2.16. The lowest BCUT2D eigenvalue weighted by molar-refractivity contribution is 0.888. The minimum Gasteiger partial charge on any atom is -0.345 e. The molecule has 21 heavy (non-hydrogen) atoms. The lowest BCUT2D eigenvalue weighted by atomic mass is 10.1. The summed E-state index contributed by atoms with van der Waals surface area (Å²) >= 11 is 3.26. The van der Waals surface area contributed by atoms with Crippen molar-refractivity contribution in [1.29, 1.82) is 0 Å². The largest absolute Gasteiger partial charge is 0.345 e. The molecule has 2 aromatic heterocycles. The van der Waals surface area contributed by atoms with E-state index >= 15 is 0 Å². The third kappa shape index (κ3) is 3.12. The van der Waals surface area contributed by atoms with Crippen molar-refractivity contribution in [3.8, 4) is 11.3 Å². The van der Waals surface area contributed by atoms with Crippen molar-refractivity contribution < 1.29 is 0 Å². The highest BCUT2D eigenvalue weighted by Crippen LogP contribution is 2.32. The van der Waals surface area contributed by atoms with E-state index in [-0.39, 0.29) is 0 Å². The third-order valence-electron chi connectivity index (χ3n) is 3.13. The molecule has 0 fully saturated rings. The van der Waals surface area contributed by atoms with Crippen molar-refractivity contribution in [2.45, 2.75) is 13.1 Å². The first-order valence-electron chi connectivity index (χ1n) is 6.61. The summed E-state index contributed by atoms with van der Waals surface area (Å²) in [6.45, 7) is 1.27. The van der Waals surface area contributed by atoms with Gasteiger partial charge in [-0.25, -0.2) is 9.97 Å². The van der Waals surface area contributed by atoms with Crippen molar-refractivity contribution in [2.75, 3.05) is 11.9 Å². The number of aromatic nitrogens is 2. The quantitative estimate of drug-likeness (QED) is 0.784. The van der Waals surface area contributed by atoms with Crippen molar-refractivity contribution in [1.82, 2.24) is 9.97 Å². The van der Waals surface area contributed by atoms with Crippen molar-refractivity contribution in [3.63, 3.8) is 0 Å². The highest BCUT2D eigenvalue weighted by Gasteiger charge is 2.15. The molecule has 0 radical (unpaired) electrons. The Morgan fingerprint density at radius 1 is 1.24 bits per heavy atom. The van der Waals surface area contributed by atoms with Crippen LogP contribution in [0.25, 0.3) is 11.3 Å². The molecule has 0 spiro atoms. The number of hydrogen-bond donors (Lipinski definition) is 1. The number of anilines is 1. The summed E-state index contributed by atoms with van der Waals surface area (Å²) in [4.78, 5) is 12.3.